The Morgan fingerprint density at radius 3 is 2.44 bits per heavy atom. The zero-order valence-electron chi connectivity index (χ0n) is 23.0. The molecular formula is C34H36N2O3. The predicted molar refractivity (Wildman–Crippen MR) is 155 cm³/mol. The lowest BCUT2D eigenvalue weighted by Gasteiger charge is -2.32. The average Bonchev–Trinajstić information content (AvgIpc) is 2.99. The van der Waals surface area contributed by atoms with E-state index < -0.39 is 0 Å². The summed E-state index contributed by atoms with van der Waals surface area (Å²) in [4.78, 5) is 20.6. The second-order valence-electron chi connectivity index (χ2n) is 10.4. The molecule has 0 N–H and O–H groups in total. The summed E-state index contributed by atoms with van der Waals surface area (Å²) in [5.41, 5.74) is 6.45. The molecule has 0 saturated carbocycles. The van der Waals surface area contributed by atoms with Crippen LogP contribution in [0.4, 0.5) is 5.69 Å². The molecule has 1 aromatic heterocycles. The number of pyridine rings is 1. The Hall–Kier alpha value is -4.12. The molecule has 1 amide bonds. The molecule has 0 fully saturated rings. The Morgan fingerprint density at radius 2 is 1.74 bits per heavy atom. The third-order valence-corrected chi connectivity index (χ3v) is 7.48. The highest BCUT2D eigenvalue weighted by Gasteiger charge is 2.32. The Kier molecular flexibility index (Phi) is 8.26. The van der Waals surface area contributed by atoms with Gasteiger partial charge in [-0.15, -0.1) is 0 Å². The molecule has 5 nitrogen and oxygen atoms in total. The molecule has 0 bridgehead atoms. The van der Waals surface area contributed by atoms with E-state index in [0.717, 1.165) is 53.0 Å². The van der Waals surface area contributed by atoms with E-state index >= 15 is 0 Å². The second-order valence-corrected chi connectivity index (χ2v) is 10.4. The van der Waals surface area contributed by atoms with Crippen LogP contribution in [0, 0.1) is 0 Å². The maximum Gasteiger partial charge on any atom is 0.234 e. The smallest absolute Gasteiger partial charge is 0.234 e. The van der Waals surface area contributed by atoms with Crippen LogP contribution < -0.4 is 14.4 Å². The molecule has 1 unspecified atom stereocenters. The molecule has 1 atom stereocenters. The summed E-state index contributed by atoms with van der Waals surface area (Å²) < 4.78 is 11.5. The van der Waals surface area contributed by atoms with E-state index in [1.807, 2.05) is 47.4 Å². The van der Waals surface area contributed by atoms with Gasteiger partial charge in [-0.05, 0) is 71.2 Å². The summed E-state index contributed by atoms with van der Waals surface area (Å²) in [6.07, 6.45) is 4.45. The fourth-order valence-electron chi connectivity index (χ4n) is 5.27. The Balaban J connectivity index is 1.44. The van der Waals surface area contributed by atoms with Crippen LogP contribution in [0.1, 0.15) is 66.3 Å². The first-order valence-corrected chi connectivity index (χ1v) is 13.7. The predicted octanol–water partition coefficient (Wildman–Crippen LogP) is 7.45. The van der Waals surface area contributed by atoms with Gasteiger partial charge < -0.3 is 14.4 Å². The number of fused-ring (bicyclic) bond motifs is 1. The lowest BCUT2D eigenvalue weighted by atomic mass is 9.81. The molecule has 1 aliphatic rings. The number of amides is 1. The number of ether oxygens (including phenoxy) is 2. The largest absolute Gasteiger partial charge is 0.489 e. The maximum absolute atomic E-state index is 14.3. The van der Waals surface area contributed by atoms with Crippen LogP contribution in [0.15, 0.2) is 91.1 Å². The third-order valence-electron chi connectivity index (χ3n) is 7.48. The summed E-state index contributed by atoms with van der Waals surface area (Å²) in [5.74, 6) is 1.73. The number of anilines is 1. The van der Waals surface area contributed by atoms with Gasteiger partial charge in [-0.3, -0.25) is 4.79 Å². The minimum Gasteiger partial charge on any atom is -0.489 e. The van der Waals surface area contributed by atoms with Crippen molar-refractivity contribution in [3.63, 3.8) is 0 Å². The number of carbonyl (C=O) groups is 1. The molecule has 5 heteroatoms. The molecule has 0 radical (unpaired) electrons. The first-order valence-electron chi connectivity index (χ1n) is 13.7. The highest BCUT2D eigenvalue weighted by molar-refractivity contribution is 5.98. The highest BCUT2D eigenvalue weighted by Crippen LogP contribution is 2.39. The number of carbonyl (C=O) groups excluding carboxylic acids is 1. The van der Waals surface area contributed by atoms with Gasteiger partial charge in [0.15, 0.2) is 0 Å². The lowest BCUT2D eigenvalue weighted by molar-refractivity contribution is -0.120. The quantitative estimate of drug-likeness (QED) is 0.230. The zero-order chi connectivity index (χ0) is 27.2. The van der Waals surface area contributed by atoms with E-state index in [9.17, 15) is 4.79 Å². The molecule has 39 heavy (non-hydrogen) atoms. The van der Waals surface area contributed by atoms with Crippen molar-refractivity contribution in [3.05, 3.63) is 119 Å². The summed E-state index contributed by atoms with van der Waals surface area (Å²) in [6.45, 7) is 5.30. The normalized spacial score (nSPS) is 14.5. The molecule has 4 aromatic rings. The fraction of sp³-hybridized carbons (Fsp3) is 0.294. The van der Waals surface area contributed by atoms with Crippen LogP contribution in [0.5, 0.6) is 11.6 Å². The van der Waals surface area contributed by atoms with Crippen LogP contribution in [0.25, 0.3) is 0 Å². The monoisotopic (exact) mass is 520 g/mol. The van der Waals surface area contributed by atoms with Crippen molar-refractivity contribution >= 4 is 11.6 Å². The summed E-state index contributed by atoms with van der Waals surface area (Å²) in [7, 11) is 1.60. The number of hydrogen-bond donors (Lipinski definition) is 0. The van der Waals surface area contributed by atoms with Gasteiger partial charge in [0.1, 0.15) is 12.4 Å². The van der Waals surface area contributed by atoms with Gasteiger partial charge in [-0.25, -0.2) is 4.98 Å². The van der Waals surface area contributed by atoms with Crippen molar-refractivity contribution in [1.29, 1.82) is 0 Å². The molecule has 0 saturated heterocycles. The van der Waals surface area contributed by atoms with Gasteiger partial charge in [0.05, 0.1) is 19.6 Å². The maximum atomic E-state index is 14.3. The van der Waals surface area contributed by atoms with E-state index in [4.69, 9.17) is 9.47 Å². The van der Waals surface area contributed by atoms with E-state index in [1.54, 1.807) is 13.3 Å². The Bertz CT molecular complexity index is 1380. The van der Waals surface area contributed by atoms with Gasteiger partial charge in [-0.2, -0.15) is 0 Å². The molecule has 0 aliphatic heterocycles. The number of aromatic nitrogens is 1. The van der Waals surface area contributed by atoms with Gasteiger partial charge in [0, 0.05) is 18.0 Å². The molecule has 0 spiro atoms. The molecule has 1 heterocycles. The highest BCUT2D eigenvalue weighted by atomic mass is 16.5. The first-order chi connectivity index (χ1) is 19.0. The Morgan fingerprint density at radius 1 is 0.949 bits per heavy atom. The number of nitrogens with zero attached hydrogens (tertiary/aromatic N) is 2. The third kappa shape index (κ3) is 6.14. The van der Waals surface area contributed by atoms with Crippen molar-refractivity contribution in [2.45, 2.75) is 58.1 Å². The van der Waals surface area contributed by atoms with Crippen molar-refractivity contribution in [3.8, 4) is 11.6 Å². The fourth-order valence-corrected chi connectivity index (χ4v) is 5.27. The van der Waals surface area contributed by atoms with E-state index in [0.29, 0.717) is 24.9 Å². The van der Waals surface area contributed by atoms with Crippen LogP contribution in [-0.4, -0.2) is 18.0 Å². The van der Waals surface area contributed by atoms with E-state index in [-0.39, 0.29) is 11.8 Å². The van der Waals surface area contributed by atoms with Crippen LogP contribution in [0.3, 0.4) is 0 Å². The van der Waals surface area contributed by atoms with Crippen molar-refractivity contribution in [2.75, 3.05) is 12.0 Å². The van der Waals surface area contributed by atoms with Crippen LogP contribution in [0.2, 0.25) is 0 Å². The van der Waals surface area contributed by atoms with Crippen molar-refractivity contribution < 1.29 is 14.3 Å². The molecular weight excluding hydrogens is 484 g/mol. The summed E-state index contributed by atoms with van der Waals surface area (Å²) in [6, 6.07) is 28.5. The number of hydrogen-bond acceptors (Lipinski definition) is 4. The standard InChI is InChI=1S/C34H36N2O3/c1-24(2)27-16-18-28(19-17-27)36(22-26-15-20-33(38-3)35-21-26)34(37)31-13-7-12-30-29(31)11-8-14-32(30)39-23-25-9-5-4-6-10-25/h4-6,8-11,14-21,24,31H,7,12-13,22-23H2,1-3H3. The van der Waals surface area contributed by atoms with Gasteiger partial charge in [-0.1, -0.05) is 74.5 Å². The van der Waals surface area contributed by atoms with Crippen molar-refractivity contribution in [2.24, 2.45) is 0 Å². The number of benzene rings is 3. The molecule has 1 aliphatic carbocycles. The number of methoxy groups -OCH3 is 1. The molecule has 3 aromatic carbocycles. The zero-order valence-corrected chi connectivity index (χ0v) is 23.0. The van der Waals surface area contributed by atoms with E-state index in [2.05, 4.69) is 61.3 Å². The average molecular weight is 521 g/mol. The number of rotatable bonds is 9. The Labute approximate surface area is 231 Å². The van der Waals surface area contributed by atoms with Crippen molar-refractivity contribution in [1.82, 2.24) is 4.98 Å². The van der Waals surface area contributed by atoms with Gasteiger partial charge >= 0.3 is 0 Å². The lowest BCUT2D eigenvalue weighted by Crippen LogP contribution is -2.36. The van der Waals surface area contributed by atoms with Crippen LogP contribution in [-0.2, 0) is 24.4 Å². The molecule has 5 rings (SSSR count). The van der Waals surface area contributed by atoms with Gasteiger partial charge in [0.25, 0.3) is 0 Å². The van der Waals surface area contributed by atoms with E-state index in [1.165, 1.54) is 5.56 Å². The topological polar surface area (TPSA) is 51.7 Å². The minimum absolute atomic E-state index is 0.101. The summed E-state index contributed by atoms with van der Waals surface area (Å²) >= 11 is 0. The molecule has 200 valence electrons. The van der Waals surface area contributed by atoms with Gasteiger partial charge in [0.2, 0.25) is 11.8 Å². The summed E-state index contributed by atoms with van der Waals surface area (Å²) in [5, 5.41) is 0. The first kappa shape index (κ1) is 26.5. The second kappa shape index (κ2) is 12.2. The van der Waals surface area contributed by atoms with Crippen LogP contribution >= 0.6 is 0 Å². The SMILES string of the molecule is COc1ccc(CN(C(=O)C2CCCc3c(OCc4ccccc4)cccc32)c2ccc(C(C)C)cc2)cn1. The minimum atomic E-state index is -0.231.